The molecule has 0 radical (unpaired) electrons. The van der Waals surface area contributed by atoms with E-state index in [0.29, 0.717) is 0 Å². The second-order valence-corrected chi connectivity index (χ2v) is 5.25. The van der Waals surface area contributed by atoms with Crippen molar-refractivity contribution in [3.63, 3.8) is 0 Å². The third-order valence-electron chi connectivity index (χ3n) is 4.19. The maximum Gasteiger partial charge on any atom is 0.0693 e. The second kappa shape index (κ2) is 4.92. The van der Waals surface area contributed by atoms with Gasteiger partial charge >= 0.3 is 0 Å². The molecule has 1 aromatic rings. The molecule has 17 heavy (non-hydrogen) atoms. The van der Waals surface area contributed by atoms with E-state index in [1.165, 1.54) is 24.0 Å². The summed E-state index contributed by atoms with van der Waals surface area (Å²) in [5.41, 5.74) is 2.74. The Balaban J connectivity index is 2.26. The third kappa shape index (κ3) is 2.52. The summed E-state index contributed by atoms with van der Waals surface area (Å²) in [7, 11) is 0. The molecule has 2 rings (SSSR count). The first-order valence-electron chi connectivity index (χ1n) is 6.73. The van der Waals surface area contributed by atoms with Gasteiger partial charge in [0.2, 0.25) is 0 Å². The van der Waals surface area contributed by atoms with Gasteiger partial charge in [-0.2, -0.15) is 5.26 Å². The smallest absolute Gasteiger partial charge is 0.0693 e. The lowest BCUT2D eigenvalue weighted by atomic mass is 9.77. The van der Waals surface area contributed by atoms with E-state index in [2.05, 4.69) is 44.2 Å². The fourth-order valence-electron chi connectivity index (χ4n) is 2.55. The number of benzene rings is 1. The van der Waals surface area contributed by atoms with Crippen LogP contribution < -0.4 is 0 Å². The van der Waals surface area contributed by atoms with Crippen molar-refractivity contribution < 1.29 is 0 Å². The van der Waals surface area contributed by atoms with Crippen molar-refractivity contribution >= 4 is 0 Å². The highest BCUT2D eigenvalue weighted by molar-refractivity contribution is 5.34. The minimum absolute atomic E-state index is 0.162. The summed E-state index contributed by atoms with van der Waals surface area (Å²) in [5, 5.41) is 9.43. The SMILES string of the molecule is CCC(C#N)(CC)Cc1ccccc1C1CC1. The summed E-state index contributed by atoms with van der Waals surface area (Å²) in [4.78, 5) is 0. The van der Waals surface area contributed by atoms with E-state index < -0.39 is 0 Å². The van der Waals surface area contributed by atoms with Crippen LogP contribution in [0.3, 0.4) is 0 Å². The number of nitrogens with zero attached hydrogens (tertiary/aromatic N) is 1. The zero-order chi connectivity index (χ0) is 12.3. The first kappa shape index (κ1) is 12.2. The largest absolute Gasteiger partial charge is 0.198 e. The van der Waals surface area contributed by atoms with Crippen molar-refractivity contribution in [3.05, 3.63) is 35.4 Å². The molecule has 1 fully saturated rings. The van der Waals surface area contributed by atoms with E-state index in [1.54, 1.807) is 0 Å². The van der Waals surface area contributed by atoms with Crippen LogP contribution in [0.4, 0.5) is 0 Å². The van der Waals surface area contributed by atoms with E-state index in [9.17, 15) is 5.26 Å². The molecule has 0 saturated heterocycles. The molecule has 1 heteroatoms. The molecule has 90 valence electrons. The van der Waals surface area contributed by atoms with E-state index in [1.807, 2.05) is 0 Å². The second-order valence-electron chi connectivity index (χ2n) is 5.25. The molecule has 1 aliphatic rings. The summed E-state index contributed by atoms with van der Waals surface area (Å²) in [6.07, 6.45) is 5.46. The fourth-order valence-corrected chi connectivity index (χ4v) is 2.55. The summed E-state index contributed by atoms with van der Waals surface area (Å²) in [5.74, 6) is 0.774. The van der Waals surface area contributed by atoms with Crippen LogP contribution in [-0.4, -0.2) is 0 Å². The summed E-state index contributed by atoms with van der Waals surface area (Å²) >= 11 is 0. The van der Waals surface area contributed by atoms with E-state index in [4.69, 9.17) is 0 Å². The molecule has 0 unspecified atom stereocenters. The van der Waals surface area contributed by atoms with Crippen LogP contribution in [0.5, 0.6) is 0 Å². The van der Waals surface area contributed by atoms with Crippen molar-refractivity contribution in [1.29, 1.82) is 5.26 Å². The average Bonchev–Trinajstić information content (AvgIpc) is 3.21. The first-order chi connectivity index (χ1) is 8.24. The van der Waals surface area contributed by atoms with Crippen LogP contribution in [-0.2, 0) is 6.42 Å². The van der Waals surface area contributed by atoms with Gasteiger partial charge in [-0.05, 0) is 49.1 Å². The zero-order valence-corrected chi connectivity index (χ0v) is 10.9. The fraction of sp³-hybridized carbons (Fsp3) is 0.562. The number of rotatable bonds is 5. The molecule has 0 amide bonds. The van der Waals surface area contributed by atoms with Crippen LogP contribution in [0.15, 0.2) is 24.3 Å². The number of hydrogen-bond acceptors (Lipinski definition) is 1. The lowest BCUT2D eigenvalue weighted by Crippen LogP contribution is -2.20. The highest BCUT2D eigenvalue weighted by Gasteiger charge is 2.30. The zero-order valence-electron chi connectivity index (χ0n) is 10.9. The third-order valence-corrected chi connectivity index (χ3v) is 4.19. The Hall–Kier alpha value is -1.29. The van der Waals surface area contributed by atoms with Gasteiger partial charge in [-0.3, -0.25) is 0 Å². The van der Waals surface area contributed by atoms with Gasteiger partial charge in [-0.25, -0.2) is 0 Å². The average molecular weight is 227 g/mol. The molecular weight excluding hydrogens is 206 g/mol. The van der Waals surface area contributed by atoms with Crippen molar-refractivity contribution in [2.45, 2.75) is 51.9 Å². The van der Waals surface area contributed by atoms with Crippen LogP contribution in [0.2, 0.25) is 0 Å². The maximum absolute atomic E-state index is 9.43. The highest BCUT2D eigenvalue weighted by atomic mass is 14.4. The first-order valence-corrected chi connectivity index (χ1v) is 6.73. The topological polar surface area (TPSA) is 23.8 Å². The summed E-state index contributed by atoms with van der Waals surface area (Å²) < 4.78 is 0. The van der Waals surface area contributed by atoms with Crippen molar-refractivity contribution in [2.24, 2.45) is 5.41 Å². The maximum atomic E-state index is 9.43. The van der Waals surface area contributed by atoms with Gasteiger partial charge in [0, 0.05) is 0 Å². The minimum Gasteiger partial charge on any atom is -0.198 e. The Bertz CT molecular complexity index is 419. The highest BCUT2D eigenvalue weighted by Crippen LogP contribution is 2.43. The van der Waals surface area contributed by atoms with Gasteiger partial charge in [0.1, 0.15) is 0 Å². The molecular formula is C16H21N. The molecule has 0 bridgehead atoms. The van der Waals surface area contributed by atoms with Crippen molar-refractivity contribution in [2.75, 3.05) is 0 Å². The normalized spacial score (nSPS) is 15.6. The lowest BCUT2D eigenvalue weighted by Gasteiger charge is -2.24. The van der Waals surface area contributed by atoms with Gasteiger partial charge < -0.3 is 0 Å². The van der Waals surface area contributed by atoms with Crippen LogP contribution in [0.1, 0.15) is 56.6 Å². The van der Waals surface area contributed by atoms with Crippen LogP contribution in [0, 0.1) is 16.7 Å². The number of hydrogen-bond donors (Lipinski definition) is 0. The van der Waals surface area contributed by atoms with Gasteiger partial charge in [-0.15, -0.1) is 0 Å². The predicted molar refractivity (Wildman–Crippen MR) is 70.7 cm³/mol. The standard InChI is InChI=1S/C16H21N/c1-3-16(4-2,12-17)11-14-7-5-6-8-15(14)13-9-10-13/h5-8,13H,3-4,9-11H2,1-2H3. The molecule has 0 N–H and O–H groups in total. The van der Waals surface area contributed by atoms with E-state index >= 15 is 0 Å². The molecule has 1 aromatic carbocycles. The van der Waals surface area contributed by atoms with Gasteiger partial charge in [0.25, 0.3) is 0 Å². The summed E-state index contributed by atoms with van der Waals surface area (Å²) in [6.45, 7) is 4.26. The van der Waals surface area contributed by atoms with Crippen LogP contribution >= 0.6 is 0 Å². The number of nitriles is 1. The quantitative estimate of drug-likeness (QED) is 0.729. The molecule has 0 heterocycles. The Labute approximate surface area is 104 Å². The van der Waals surface area contributed by atoms with Crippen molar-refractivity contribution in [1.82, 2.24) is 0 Å². The van der Waals surface area contributed by atoms with Gasteiger partial charge in [-0.1, -0.05) is 38.1 Å². The molecule has 1 nitrogen and oxygen atoms in total. The van der Waals surface area contributed by atoms with Crippen LogP contribution in [0.25, 0.3) is 0 Å². The minimum atomic E-state index is -0.162. The van der Waals surface area contributed by atoms with Gasteiger partial charge in [0.15, 0.2) is 0 Å². The Morgan fingerprint density at radius 1 is 1.24 bits per heavy atom. The van der Waals surface area contributed by atoms with E-state index in [-0.39, 0.29) is 5.41 Å². The Morgan fingerprint density at radius 3 is 2.41 bits per heavy atom. The lowest BCUT2D eigenvalue weighted by molar-refractivity contribution is 0.362. The molecule has 1 aliphatic carbocycles. The molecule has 1 saturated carbocycles. The molecule has 0 aliphatic heterocycles. The Kier molecular flexibility index (Phi) is 3.52. The van der Waals surface area contributed by atoms with Crippen molar-refractivity contribution in [3.8, 4) is 6.07 Å². The summed E-state index contributed by atoms with van der Waals surface area (Å²) in [6, 6.07) is 11.2. The van der Waals surface area contributed by atoms with E-state index in [0.717, 1.165) is 25.2 Å². The monoisotopic (exact) mass is 227 g/mol. The molecule has 0 atom stereocenters. The molecule has 0 spiro atoms. The van der Waals surface area contributed by atoms with Gasteiger partial charge in [0.05, 0.1) is 11.5 Å². The Morgan fingerprint density at radius 2 is 1.88 bits per heavy atom. The molecule has 0 aromatic heterocycles. The predicted octanol–water partition coefficient (Wildman–Crippen LogP) is 4.44.